The molecule has 5 heteroatoms. The van der Waals surface area contributed by atoms with Crippen molar-refractivity contribution in [2.75, 3.05) is 25.1 Å². The zero-order chi connectivity index (χ0) is 11.8. The topological polar surface area (TPSA) is 71.5 Å². The van der Waals surface area contributed by atoms with Gasteiger partial charge in [0.15, 0.2) is 5.69 Å². The number of aromatic nitrogens is 1. The molecule has 1 aromatic rings. The number of carboxylic acid groups (broad SMARTS) is 1. The number of hydrogen-bond donors (Lipinski definition) is 2. The second-order valence-electron chi connectivity index (χ2n) is 3.18. The van der Waals surface area contributed by atoms with Crippen LogP contribution in [-0.4, -0.2) is 35.8 Å². The smallest absolute Gasteiger partial charge is 0.356 e. The van der Waals surface area contributed by atoms with Gasteiger partial charge >= 0.3 is 5.97 Å². The van der Waals surface area contributed by atoms with Crippen LogP contribution in [0.25, 0.3) is 0 Å². The summed E-state index contributed by atoms with van der Waals surface area (Å²) >= 11 is 0. The third-order valence-corrected chi connectivity index (χ3v) is 2.00. The van der Waals surface area contributed by atoms with E-state index < -0.39 is 5.97 Å². The Morgan fingerprint density at radius 1 is 1.62 bits per heavy atom. The third-order valence-electron chi connectivity index (χ3n) is 2.00. The number of pyridine rings is 1. The van der Waals surface area contributed by atoms with Crippen LogP contribution >= 0.6 is 0 Å². The molecule has 0 spiro atoms. The van der Waals surface area contributed by atoms with E-state index in [0.29, 0.717) is 25.4 Å². The number of rotatable bonds is 7. The van der Waals surface area contributed by atoms with Crippen LogP contribution in [-0.2, 0) is 4.74 Å². The minimum absolute atomic E-state index is 0.0545. The fourth-order valence-corrected chi connectivity index (χ4v) is 1.26. The number of carbonyl (C=O) groups is 1. The van der Waals surface area contributed by atoms with E-state index in [1.165, 1.54) is 6.20 Å². The van der Waals surface area contributed by atoms with Gasteiger partial charge in [0.25, 0.3) is 0 Å². The molecule has 0 saturated carbocycles. The van der Waals surface area contributed by atoms with Crippen molar-refractivity contribution in [3.05, 3.63) is 24.0 Å². The molecule has 16 heavy (non-hydrogen) atoms. The summed E-state index contributed by atoms with van der Waals surface area (Å²) in [6.45, 7) is 3.99. The van der Waals surface area contributed by atoms with Gasteiger partial charge in [-0.25, -0.2) is 9.78 Å². The Bertz CT molecular complexity index is 342. The molecule has 0 atom stereocenters. The van der Waals surface area contributed by atoms with Crippen LogP contribution in [0.3, 0.4) is 0 Å². The first-order chi connectivity index (χ1) is 7.75. The molecule has 0 bridgehead atoms. The average molecular weight is 224 g/mol. The molecule has 88 valence electrons. The summed E-state index contributed by atoms with van der Waals surface area (Å²) in [6.07, 6.45) is 2.30. The first-order valence-electron chi connectivity index (χ1n) is 5.25. The van der Waals surface area contributed by atoms with Gasteiger partial charge in [0.1, 0.15) is 0 Å². The van der Waals surface area contributed by atoms with Crippen molar-refractivity contribution in [3.63, 3.8) is 0 Å². The molecule has 0 aliphatic heterocycles. The van der Waals surface area contributed by atoms with Gasteiger partial charge in [-0.05, 0) is 25.5 Å². The maximum atomic E-state index is 10.8. The minimum Gasteiger partial charge on any atom is -0.476 e. The SMILES string of the molecule is CCOCCCNc1cccnc1C(=O)O. The number of ether oxygens (including phenoxy) is 1. The van der Waals surface area contributed by atoms with E-state index in [9.17, 15) is 4.79 Å². The molecule has 0 unspecified atom stereocenters. The summed E-state index contributed by atoms with van der Waals surface area (Å²) in [4.78, 5) is 14.6. The predicted molar refractivity (Wildman–Crippen MR) is 60.8 cm³/mol. The van der Waals surface area contributed by atoms with Gasteiger partial charge in [0.2, 0.25) is 0 Å². The van der Waals surface area contributed by atoms with Crippen molar-refractivity contribution < 1.29 is 14.6 Å². The Morgan fingerprint density at radius 3 is 3.12 bits per heavy atom. The first-order valence-corrected chi connectivity index (χ1v) is 5.25. The minimum atomic E-state index is -1.02. The van der Waals surface area contributed by atoms with Crippen LogP contribution < -0.4 is 5.32 Å². The van der Waals surface area contributed by atoms with E-state index in [0.717, 1.165) is 6.42 Å². The second-order valence-corrected chi connectivity index (χ2v) is 3.18. The molecule has 2 N–H and O–H groups in total. The lowest BCUT2D eigenvalue weighted by Gasteiger charge is -2.08. The van der Waals surface area contributed by atoms with Crippen LogP contribution in [0.1, 0.15) is 23.8 Å². The number of nitrogens with one attached hydrogen (secondary N) is 1. The largest absolute Gasteiger partial charge is 0.476 e. The number of aromatic carboxylic acids is 1. The third kappa shape index (κ3) is 3.86. The summed E-state index contributed by atoms with van der Waals surface area (Å²) in [6, 6.07) is 3.41. The standard InChI is InChI=1S/C11H16N2O3/c1-2-16-8-4-7-12-9-5-3-6-13-10(9)11(14)15/h3,5-6,12H,2,4,7-8H2,1H3,(H,14,15). The molecule has 0 fully saturated rings. The van der Waals surface area contributed by atoms with Crippen molar-refractivity contribution in [2.24, 2.45) is 0 Å². The van der Waals surface area contributed by atoms with Crippen LogP contribution in [0.4, 0.5) is 5.69 Å². The molecule has 0 amide bonds. The molecule has 1 aromatic heterocycles. The molecular weight excluding hydrogens is 208 g/mol. The summed E-state index contributed by atoms with van der Waals surface area (Å²) in [7, 11) is 0. The average Bonchev–Trinajstić information content (AvgIpc) is 2.29. The fraction of sp³-hybridized carbons (Fsp3) is 0.455. The van der Waals surface area contributed by atoms with Crippen LogP contribution in [0.2, 0.25) is 0 Å². The quantitative estimate of drug-likeness (QED) is 0.688. The predicted octanol–water partition coefficient (Wildman–Crippen LogP) is 1.62. The van der Waals surface area contributed by atoms with Crippen molar-refractivity contribution >= 4 is 11.7 Å². The highest BCUT2D eigenvalue weighted by atomic mass is 16.5. The highest BCUT2D eigenvalue weighted by Crippen LogP contribution is 2.11. The molecular formula is C11H16N2O3. The molecule has 0 aliphatic rings. The summed E-state index contributed by atoms with van der Waals surface area (Å²) < 4.78 is 5.18. The number of hydrogen-bond acceptors (Lipinski definition) is 4. The van der Waals surface area contributed by atoms with Gasteiger partial charge in [-0.15, -0.1) is 0 Å². The van der Waals surface area contributed by atoms with Gasteiger partial charge in [0.05, 0.1) is 5.69 Å². The monoisotopic (exact) mass is 224 g/mol. The number of carboxylic acids is 1. The maximum Gasteiger partial charge on any atom is 0.356 e. The fourth-order valence-electron chi connectivity index (χ4n) is 1.26. The lowest BCUT2D eigenvalue weighted by atomic mass is 10.3. The van der Waals surface area contributed by atoms with Gasteiger partial charge in [-0.3, -0.25) is 0 Å². The zero-order valence-corrected chi connectivity index (χ0v) is 9.27. The van der Waals surface area contributed by atoms with Crippen molar-refractivity contribution in [1.82, 2.24) is 4.98 Å². The van der Waals surface area contributed by atoms with Crippen LogP contribution in [0, 0.1) is 0 Å². The van der Waals surface area contributed by atoms with Crippen LogP contribution in [0.15, 0.2) is 18.3 Å². The Balaban J connectivity index is 2.44. The van der Waals surface area contributed by atoms with Gasteiger partial charge in [-0.1, -0.05) is 0 Å². The van der Waals surface area contributed by atoms with Crippen molar-refractivity contribution in [2.45, 2.75) is 13.3 Å². The molecule has 0 aromatic carbocycles. The van der Waals surface area contributed by atoms with E-state index >= 15 is 0 Å². The molecule has 1 heterocycles. The molecule has 0 radical (unpaired) electrons. The highest BCUT2D eigenvalue weighted by molar-refractivity contribution is 5.91. The zero-order valence-electron chi connectivity index (χ0n) is 9.27. The summed E-state index contributed by atoms with van der Waals surface area (Å²) in [5.74, 6) is -1.02. The molecule has 1 rings (SSSR count). The second kappa shape index (κ2) is 6.79. The normalized spacial score (nSPS) is 10.1. The van der Waals surface area contributed by atoms with Crippen molar-refractivity contribution in [1.29, 1.82) is 0 Å². The lowest BCUT2D eigenvalue weighted by molar-refractivity contribution is 0.0691. The Kier molecular flexibility index (Phi) is 5.28. The van der Waals surface area contributed by atoms with E-state index in [1.807, 2.05) is 6.92 Å². The maximum absolute atomic E-state index is 10.8. The Labute approximate surface area is 94.5 Å². The Morgan fingerprint density at radius 2 is 2.44 bits per heavy atom. The van der Waals surface area contributed by atoms with E-state index in [2.05, 4.69) is 10.3 Å². The summed E-state index contributed by atoms with van der Waals surface area (Å²) in [5.41, 5.74) is 0.602. The Hall–Kier alpha value is -1.62. The van der Waals surface area contributed by atoms with E-state index in [1.54, 1.807) is 12.1 Å². The number of anilines is 1. The first kappa shape index (κ1) is 12.4. The molecule has 0 saturated heterocycles. The molecule has 5 nitrogen and oxygen atoms in total. The highest BCUT2D eigenvalue weighted by Gasteiger charge is 2.09. The van der Waals surface area contributed by atoms with Crippen molar-refractivity contribution in [3.8, 4) is 0 Å². The molecule has 0 aliphatic carbocycles. The van der Waals surface area contributed by atoms with E-state index in [-0.39, 0.29) is 5.69 Å². The van der Waals surface area contributed by atoms with Gasteiger partial charge in [-0.2, -0.15) is 0 Å². The van der Waals surface area contributed by atoms with Crippen LogP contribution in [0.5, 0.6) is 0 Å². The number of nitrogens with zero attached hydrogens (tertiary/aromatic N) is 1. The van der Waals surface area contributed by atoms with E-state index in [4.69, 9.17) is 9.84 Å². The van der Waals surface area contributed by atoms with Gasteiger partial charge < -0.3 is 15.2 Å². The lowest BCUT2D eigenvalue weighted by Crippen LogP contribution is -2.10. The van der Waals surface area contributed by atoms with Gasteiger partial charge in [0, 0.05) is 26.0 Å². The summed E-state index contributed by atoms with van der Waals surface area (Å²) in [5, 5.41) is 11.9.